The van der Waals surface area contributed by atoms with Crippen LogP contribution in [0.2, 0.25) is 0 Å². The zero-order valence-electron chi connectivity index (χ0n) is 15.6. The van der Waals surface area contributed by atoms with Crippen LogP contribution in [-0.2, 0) is 13.2 Å². The molecule has 28 heavy (non-hydrogen) atoms. The number of aromatic nitrogens is 2. The molecule has 1 amide bonds. The van der Waals surface area contributed by atoms with E-state index in [1.54, 1.807) is 0 Å². The van der Waals surface area contributed by atoms with E-state index in [2.05, 4.69) is 44.6 Å². The van der Waals surface area contributed by atoms with Gasteiger partial charge in [0.05, 0.1) is 0 Å². The molecule has 4 N–H and O–H groups in total. The molecule has 0 saturated heterocycles. The number of rotatable bonds is 9. The summed E-state index contributed by atoms with van der Waals surface area (Å²) < 4.78 is 10.3. The highest BCUT2D eigenvalue weighted by molar-refractivity contribution is 5.95. The van der Waals surface area contributed by atoms with Gasteiger partial charge in [-0.2, -0.15) is 0 Å². The van der Waals surface area contributed by atoms with E-state index < -0.39 is 5.91 Å². The average molecular weight is 381 g/mol. The lowest BCUT2D eigenvalue weighted by Gasteiger charge is -2.10. The number of hydrogen-bond donors (Lipinski definition) is 3. The average Bonchev–Trinajstić information content (AvgIpc) is 3.13. The van der Waals surface area contributed by atoms with Gasteiger partial charge in [-0.25, -0.2) is 4.63 Å². The van der Waals surface area contributed by atoms with Gasteiger partial charge in [0, 0.05) is 19.6 Å². The molecule has 3 aromatic rings. The maximum absolute atomic E-state index is 11.8. The van der Waals surface area contributed by atoms with Gasteiger partial charge in [-0.15, -0.1) is 0 Å². The van der Waals surface area contributed by atoms with Gasteiger partial charge in [0.15, 0.2) is 0 Å². The first-order chi connectivity index (χ1) is 13.6. The second-order valence-corrected chi connectivity index (χ2v) is 6.29. The van der Waals surface area contributed by atoms with E-state index in [0.29, 0.717) is 26.2 Å². The summed E-state index contributed by atoms with van der Waals surface area (Å²) in [6, 6.07) is 16.1. The summed E-state index contributed by atoms with van der Waals surface area (Å²) >= 11 is 0. The molecule has 0 aliphatic heterocycles. The Morgan fingerprint density at radius 1 is 1.14 bits per heavy atom. The second kappa shape index (κ2) is 9.52. The summed E-state index contributed by atoms with van der Waals surface area (Å²) in [5.41, 5.74) is 8.96. The number of ether oxygens (including phenoxy) is 1. The number of aryl methyl sites for hydroxylation is 1. The zero-order chi connectivity index (χ0) is 19.8. The first-order valence-electron chi connectivity index (χ1n) is 8.96. The summed E-state index contributed by atoms with van der Waals surface area (Å²) in [6.07, 6.45) is 0. The number of anilines is 1. The Morgan fingerprint density at radius 2 is 2.00 bits per heavy atom. The van der Waals surface area contributed by atoms with Gasteiger partial charge in [-0.05, 0) is 46.1 Å². The number of carbonyl (C=O) groups excluding carboxylic acids is 1. The van der Waals surface area contributed by atoms with Crippen molar-refractivity contribution in [1.82, 2.24) is 20.9 Å². The third kappa shape index (κ3) is 5.31. The van der Waals surface area contributed by atoms with Crippen molar-refractivity contribution in [3.63, 3.8) is 0 Å². The number of hydrogen-bond acceptors (Lipinski definition) is 7. The third-order valence-electron chi connectivity index (χ3n) is 4.20. The lowest BCUT2D eigenvalue weighted by Crippen LogP contribution is -2.32. The summed E-state index contributed by atoms with van der Waals surface area (Å²) in [5.74, 6) is 0.394. The van der Waals surface area contributed by atoms with E-state index >= 15 is 0 Å². The van der Waals surface area contributed by atoms with Crippen LogP contribution in [0, 0.1) is 6.92 Å². The minimum atomic E-state index is -0.410. The second-order valence-electron chi connectivity index (χ2n) is 6.29. The molecule has 0 aliphatic carbocycles. The minimum Gasteiger partial charge on any atom is -0.489 e. The van der Waals surface area contributed by atoms with Gasteiger partial charge in [-0.3, -0.25) is 4.79 Å². The van der Waals surface area contributed by atoms with Crippen LogP contribution in [0.25, 0.3) is 0 Å². The fraction of sp³-hybridized carbons (Fsp3) is 0.250. The molecular weight excluding hydrogens is 358 g/mol. The highest BCUT2D eigenvalue weighted by atomic mass is 16.6. The maximum Gasteiger partial charge on any atom is 0.277 e. The van der Waals surface area contributed by atoms with E-state index in [4.69, 9.17) is 10.5 Å². The number of nitrogen functional groups attached to an aromatic ring is 1. The number of nitrogens with one attached hydrogen (secondary N) is 2. The van der Waals surface area contributed by atoms with Crippen LogP contribution in [0.4, 0.5) is 5.82 Å². The van der Waals surface area contributed by atoms with Crippen LogP contribution >= 0.6 is 0 Å². The largest absolute Gasteiger partial charge is 0.489 e. The Balaban J connectivity index is 1.40. The van der Waals surface area contributed by atoms with Gasteiger partial charge in [0.25, 0.3) is 5.91 Å². The monoisotopic (exact) mass is 381 g/mol. The normalized spacial score (nSPS) is 10.6. The van der Waals surface area contributed by atoms with E-state index in [1.807, 2.05) is 36.4 Å². The third-order valence-corrected chi connectivity index (χ3v) is 4.20. The van der Waals surface area contributed by atoms with Gasteiger partial charge >= 0.3 is 0 Å². The molecule has 0 unspecified atom stereocenters. The van der Waals surface area contributed by atoms with Crippen LogP contribution in [0.3, 0.4) is 0 Å². The number of carbonyl (C=O) groups is 1. The highest BCUT2D eigenvalue weighted by Gasteiger charge is 2.14. The molecule has 2 aromatic carbocycles. The summed E-state index contributed by atoms with van der Waals surface area (Å²) in [5, 5.41) is 12.8. The molecule has 0 saturated carbocycles. The highest BCUT2D eigenvalue weighted by Crippen LogP contribution is 2.16. The van der Waals surface area contributed by atoms with Crippen molar-refractivity contribution < 1.29 is 14.2 Å². The van der Waals surface area contributed by atoms with Crippen LogP contribution < -0.4 is 21.1 Å². The van der Waals surface area contributed by atoms with Gasteiger partial charge in [0.1, 0.15) is 12.4 Å². The van der Waals surface area contributed by atoms with Crippen molar-refractivity contribution >= 4 is 11.7 Å². The molecule has 0 aliphatic rings. The maximum atomic E-state index is 11.8. The van der Waals surface area contributed by atoms with Crippen LogP contribution in [0.1, 0.15) is 27.2 Å². The molecule has 0 bridgehead atoms. The van der Waals surface area contributed by atoms with Crippen molar-refractivity contribution in [3.05, 3.63) is 70.9 Å². The molecule has 0 atom stereocenters. The Morgan fingerprint density at radius 3 is 2.79 bits per heavy atom. The first-order valence-corrected chi connectivity index (χ1v) is 8.96. The fourth-order valence-electron chi connectivity index (χ4n) is 2.61. The van der Waals surface area contributed by atoms with Gasteiger partial charge in [-0.1, -0.05) is 36.4 Å². The molecule has 8 heteroatoms. The van der Waals surface area contributed by atoms with Crippen molar-refractivity contribution in [2.75, 3.05) is 18.8 Å². The van der Waals surface area contributed by atoms with E-state index in [1.165, 1.54) is 11.1 Å². The number of nitrogens with zero attached hydrogens (tertiary/aromatic N) is 2. The quantitative estimate of drug-likeness (QED) is 0.486. The first kappa shape index (κ1) is 19.4. The van der Waals surface area contributed by atoms with Crippen molar-refractivity contribution in [2.45, 2.75) is 20.1 Å². The Kier molecular flexibility index (Phi) is 6.59. The predicted molar refractivity (Wildman–Crippen MR) is 105 cm³/mol. The van der Waals surface area contributed by atoms with E-state index in [9.17, 15) is 4.79 Å². The zero-order valence-corrected chi connectivity index (χ0v) is 15.6. The molecule has 8 nitrogen and oxygen atoms in total. The lowest BCUT2D eigenvalue weighted by atomic mass is 10.1. The molecule has 1 aromatic heterocycles. The molecule has 3 rings (SSSR count). The van der Waals surface area contributed by atoms with Crippen molar-refractivity contribution in [2.24, 2.45) is 0 Å². The Bertz CT molecular complexity index is 925. The number of benzene rings is 2. The van der Waals surface area contributed by atoms with E-state index in [0.717, 1.165) is 11.3 Å². The number of amides is 1. The molecule has 0 fully saturated rings. The molecule has 0 spiro atoms. The van der Waals surface area contributed by atoms with Crippen LogP contribution in [0.15, 0.2) is 53.2 Å². The predicted octanol–water partition coefficient (Wildman–Crippen LogP) is 2.06. The molecule has 0 radical (unpaired) electrons. The molecule has 1 heterocycles. The minimum absolute atomic E-state index is 0.00139. The van der Waals surface area contributed by atoms with Gasteiger partial charge in [0.2, 0.25) is 11.5 Å². The Labute approximate surface area is 163 Å². The number of nitrogens with two attached hydrogens (primary N) is 1. The van der Waals surface area contributed by atoms with E-state index in [-0.39, 0.29) is 11.5 Å². The Hall–Kier alpha value is -3.39. The van der Waals surface area contributed by atoms with Crippen molar-refractivity contribution in [1.29, 1.82) is 0 Å². The smallest absolute Gasteiger partial charge is 0.277 e. The van der Waals surface area contributed by atoms with Crippen molar-refractivity contribution in [3.8, 4) is 5.75 Å². The summed E-state index contributed by atoms with van der Waals surface area (Å²) in [6.45, 7) is 4.28. The fourth-order valence-corrected chi connectivity index (χ4v) is 2.61. The van der Waals surface area contributed by atoms with Crippen LogP contribution in [-0.4, -0.2) is 29.3 Å². The van der Waals surface area contributed by atoms with Crippen LogP contribution in [0.5, 0.6) is 5.75 Å². The summed E-state index contributed by atoms with van der Waals surface area (Å²) in [7, 11) is 0. The molecular formula is C20H23N5O3. The molecule has 146 valence electrons. The van der Waals surface area contributed by atoms with Gasteiger partial charge < -0.3 is 21.1 Å². The SMILES string of the molecule is Cc1ccccc1COc1cccc(CNCCNC(=O)c2nonc2N)c1. The standard InChI is InChI=1S/C20H23N5O3/c1-14-5-2-3-7-16(14)13-27-17-8-4-6-15(11-17)12-22-9-10-23-20(26)18-19(21)25-28-24-18/h2-8,11,22H,9-10,12-13H2,1H3,(H2,21,25)(H,23,26). The lowest BCUT2D eigenvalue weighted by molar-refractivity contribution is 0.0944. The summed E-state index contributed by atoms with van der Waals surface area (Å²) in [4.78, 5) is 11.8. The topological polar surface area (TPSA) is 115 Å².